The summed E-state index contributed by atoms with van der Waals surface area (Å²) in [6.07, 6.45) is 3.92. The summed E-state index contributed by atoms with van der Waals surface area (Å²) in [7, 11) is 0. The fraction of sp³-hybridized carbons (Fsp3) is 0.600. The number of thioether (sulfide) groups is 1. The molecule has 0 aliphatic carbocycles. The highest BCUT2D eigenvalue weighted by molar-refractivity contribution is 7.98. The highest BCUT2D eigenvalue weighted by Gasteiger charge is 2.16. The molecule has 0 saturated carbocycles. The fourth-order valence-electron chi connectivity index (χ4n) is 2.40. The number of aromatic nitrogens is 2. The maximum Gasteiger partial charge on any atom is 0.142 e. The summed E-state index contributed by atoms with van der Waals surface area (Å²) >= 11 is 3.56. The van der Waals surface area contributed by atoms with E-state index >= 15 is 0 Å². The number of anilines is 1. The van der Waals surface area contributed by atoms with Crippen molar-refractivity contribution >= 4 is 39.1 Å². The van der Waals surface area contributed by atoms with Crippen molar-refractivity contribution in [3.8, 4) is 0 Å². The first-order chi connectivity index (χ1) is 10.4. The van der Waals surface area contributed by atoms with Gasteiger partial charge in [-0.1, -0.05) is 6.92 Å². The largest absolute Gasteiger partial charge is 0.377 e. The fourth-order valence-corrected chi connectivity index (χ4v) is 4.14. The number of hydrogen-bond donors (Lipinski definition) is 1. The minimum atomic E-state index is 0.429. The highest BCUT2D eigenvalue weighted by atomic mass is 32.2. The minimum Gasteiger partial charge on any atom is -0.377 e. The molecule has 3 heterocycles. The lowest BCUT2D eigenvalue weighted by molar-refractivity contribution is 0.129. The predicted octanol–water partition coefficient (Wildman–Crippen LogP) is 3.93. The van der Waals surface area contributed by atoms with Gasteiger partial charge in [0.25, 0.3) is 0 Å². The average Bonchev–Trinajstić information content (AvgIpc) is 3.15. The van der Waals surface area contributed by atoms with Gasteiger partial charge in [-0.3, -0.25) is 0 Å². The van der Waals surface area contributed by atoms with Crippen molar-refractivity contribution < 1.29 is 4.74 Å². The van der Waals surface area contributed by atoms with Gasteiger partial charge in [-0.2, -0.15) is 11.8 Å². The van der Waals surface area contributed by atoms with E-state index in [0.29, 0.717) is 6.10 Å². The van der Waals surface area contributed by atoms with Gasteiger partial charge < -0.3 is 10.1 Å². The molecule has 0 spiro atoms. The van der Waals surface area contributed by atoms with E-state index in [2.05, 4.69) is 28.7 Å². The van der Waals surface area contributed by atoms with Crippen molar-refractivity contribution in [2.24, 2.45) is 0 Å². The van der Waals surface area contributed by atoms with Crippen molar-refractivity contribution in [2.45, 2.75) is 38.0 Å². The zero-order valence-corrected chi connectivity index (χ0v) is 13.9. The van der Waals surface area contributed by atoms with Crippen LogP contribution < -0.4 is 5.32 Å². The molecule has 3 rings (SSSR count). The van der Waals surface area contributed by atoms with Crippen molar-refractivity contribution in [1.82, 2.24) is 9.97 Å². The average molecular weight is 323 g/mol. The van der Waals surface area contributed by atoms with E-state index in [-0.39, 0.29) is 0 Å². The van der Waals surface area contributed by atoms with Crippen LogP contribution in [-0.4, -0.2) is 35.0 Å². The molecule has 1 fully saturated rings. The summed E-state index contributed by atoms with van der Waals surface area (Å²) < 4.78 is 5.65. The van der Waals surface area contributed by atoms with E-state index in [4.69, 9.17) is 9.72 Å². The molecule has 0 bridgehead atoms. The summed E-state index contributed by atoms with van der Waals surface area (Å²) in [5.41, 5.74) is 0. The van der Waals surface area contributed by atoms with Crippen LogP contribution in [0, 0.1) is 0 Å². The van der Waals surface area contributed by atoms with Crippen LogP contribution in [0.1, 0.15) is 32.0 Å². The van der Waals surface area contributed by atoms with Crippen molar-refractivity contribution in [3.63, 3.8) is 0 Å². The number of ether oxygens (including phenoxy) is 1. The van der Waals surface area contributed by atoms with Gasteiger partial charge in [0, 0.05) is 18.9 Å². The van der Waals surface area contributed by atoms with E-state index < -0.39 is 0 Å². The van der Waals surface area contributed by atoms with E-state index in [1.165, 1.54) is 12.8 Å². The molecule has 0 aromatic carbocycles. The Morgan fingerprint density at radius 1 is 1.48 bits per heavy atom. The molecule has 1 aliphatic rings. The van der Waals surface area contributed by atoms with Gasteiger partial charge in [0.1, 0.15) is 16.5 Å². The maximum absolute atomic E-state index is 5.65. The van der Waals surface area contributed by atoms with E-state index in [1.54, 1.807) is 11.3 Å². The molecule has 1 unspecified atom stereocenters. The van der Waals surface area contributed by atoms with Gasteiger partial charge in [0.05, 0.1) is 17.2 Å². The number of rotatable bonds is 7. The van der Waals surface area contributed by atoms with Crippen molar-refractivity contribution in [3.05, 3.63) is 17.3 Å². The van der Waals surface area contributed by atoms with Crippen molar-refractivity contribution in [2.75, 3.05) is 24.2 Å². The van der Waals surface area contributed by atoms with Crippen LogP contribution in [-0.2, 0) is 10.5 Å². The van der Waals surface area contributed by atoms with E-state index in [9.17, 15) is 0 Å². The summed E-state index contributed by atoms with van der Waals surface area (Å²) in [6.45, 7) is 4.04. The van der Waals surface area contributed by atoms with Crippen LogP contribution >= 0.6 is 23.1 Å². The van der Waals surface area contributed by atoms with Crippen LogP contribution in [0.15, 0.2) is 11.4 Å². The van der Waals surface area contributed by atoms with Gasteiger partial charge in [-0.05, 0) is 30.7 Å². The lowest BCUT2D eigenvalue weighted by Crippen LogP contribution is -2.09. The maximum atomic E-state index is 5.65. The first kappa shape index (κ1) is 15.1. The molecule has 1 aliphatic heterocycles. The predicted molar refractivity (Wildman–Crippen MR) is 91.3 cm³/mol. The van der Waals surface area contributed by atoms with E-state index in [0.717, 1.165) is 52.9 Å². The second kappa shape index (κ2) is 7.42. The second-order valence-electron chi connectivity index (χ2n) is 5.20. The molecule has 0 amide bonds. The smallest absolute Gasteiger partial charge is 0.142 e. The zero-order valence-electron chi connectivity index (χ0n) is 12.3. The molecule has 0 radical (unpaired) electrons. The molecule has 1 atom stereocenters. The minimum absolute atomic E-state index is 0.429. The Kier molecular flexibility index (Phi) is 5.32. The number of nitrogens with zero attached hydrogens (tertiary/aromatic N) is 2. The highest BCUT2D eigenvalue weighted by Crippen LogP contribution is 2.27. The molecule has 2 aromatic heterocycles. The van der Waals surface area contributed by atoms with Crippen molar-refractivity contribution in [1.29, 1.82) is 0 Å². The molecular formula is C15H21N3OS2. The lowest BCUT2D eigenvalue weighted by Gasteiger charge is -2.10. The third-order valence-electron chi connectivity index (χ3n) is 3.47. The van der Waals surface area contributed by atoms with E-state index in [1.807, 2.05) is 11.8 Å². The number of thiophene rings is 1. The first-order valence-electron chi connectivity index (χ1n) is 7.54. The van der Waals surface area contributed by atoms with Crippen LogP contribution in [0.25, 0.3) is 10.2 Å². The summed E-state index contributed by atoms with van der Waals surface area (Å²) in [6, 6.07) is 2.10. The number of fused-ring (bicyclic) bond motifs is 1. The Balaban J connectivity index is 1.66. The topological polar surface area (TPSA) is 47.0 Å². The van der Waals surface area contributed by atoms with Crippen LogP contribution in [0.5, 0.6) is 0 Å². The molecule has 4 nitrogen and oxygen atoms in total. The SMILES string of the molecule is CCCNc1nc(CSCC2CCCO2)nc2sccc12. The molecular weight excluding hydrogens is 302 g/mol. The Bertz CT molecular complexity index is 581. The molecule has 6 heteroatoms. The Labute approximate surface area is 133 Å². The quantitative estimate of drug-likeness (QED) is 0.836. The van der Waals surface area contributed by atoms with Gasteiger partial charge in [-0.15, -0.1) is 11.3 Å². The Morgan fingerprint density at radius 3 is 3.24 bits per heavy atom. The third-order valence-corrected chi connectivity index (χ3v) is 5.35. The number of hydrogen-bond acceptors (Lipinski definition) is 6. The van der Waals surface area contributed by atoms with Gasteiger partial charge >= 0.3 is 0 Å². The molecule has 2 aromatic rings. The van der Waals surface area contributed by atoms with Gasteiger partial charge in [-0.25, -0.2) is 9.97 Å². The third kappa shape index (κ3) is 3.87. The normalized spacial score (nSPS) is 18.4. The molecule has 1 N–H and O–H groups in total. The van der Waals surface area contributed by atoms with Crippen LogP contribution in [0.4, 0.5) is 5.82 Å². The lowest BCUT2D eigenvalue weighted by atomic mass is 10.3. The summed E-state index contributed by atoms with van der Waals surface area (Å²) in [5, 5.41) is 6.64. The second-order valence-corrected chi connectivity index (χ2v) is 7.13. The first-order valence-corrected chi connectivity index (χ1v) is 9.57. The monoisotopic (exact) mass is 323 g/mol. The molecule has 1 saturated heterocycles. The van der Waals surface area contributed by atoms with Gasteiger partial charge in [0.15, 0.2) is 0 Å². The van der Waals surface area contributed by atoms with Crippen LogP contribution in [0.3, 0.4) is 0 Å². The molecule has 114 valence electrons. The Hall–Kier alpha value is -0.850. The molecule has 21 heavy (non-hydrogen) atoms. The summed E-state index contributed by atoms with van der Waals surface area (Å²) in [5.74, 6) is 3.81. The number of nitrogens with one attached hydrogen (secondary N) is 1. The standard InChI is InChI=1S/C15H21N3OS2/c1-2-6-16-14-12-5-8-21-15(12)18-13(17-14)10-20-9-11-4-3-7-19-11/h5,8,11H,2-4,6-7,9-10H2,1H3,(H,16,17,18). The Morgan fingerprint density at radius 2 is 2.43 bits per heavy atom. The zero-order chi connectivity index (χ0) is 14.5. The van der Waals surface area contributed by atoms with Crippen LogP contribution in [0.2, 0.25) is 0 Å². The summed E-state index contributed by atoms with van der Waals surface area (Å²) in [4.78, 5) is 10.5. The van der Waals surface area contributed by atoms with Gasteiger partial charge in [0.2, 0.25) is 0 Å².